The van der Waals surface area contributed by atoms with Gasteiger partial charge in [0.05, 0.1) is 6.07 Å². The van der Waals surface area contributed by atoms with Crippen LogP contribution in [0.4, 0.5) is 0 Å². The third-order valence-electron chi connectivity index (χ3n) is 5.08. The number of rotatable bonds is 6. The van der Waals surface area contributed by atoms with E-state index in [2.05, 4.69) is 24.8 Å². The molecule has 2 fully saturated rings. The van der Waals surface area contributed by atoms with Crippen molar-refractivity contribution in [3.8, 4) is 6.07 Å². The minimum atomic E-state index is -0.774. The molecule has 21 heavy (non-hydrogen) atoms. The van der Waals surface area contributed by atoms with Crippen molar-refractivity contribution in [1.29, 1.82) is 5.26 Å². The zero-order valence-electron chi connectivity index (χ0n) is 13.6. The van der Waals surface area contributed by atoms with Crippen LogP contribution in [0.5, 0.6) is 0 Å². The maximum Gasteiger partial charge on any atom is 0.243 e. The zero-order valence-corrected chi connectivity index (χ0v) is 13.6. The Bertz CT molecular complexity index is 389. The second-order valence-corrected chi connectivity index (χ2v) is 6.63. The fraction of sp³-hybridized carbons (Fsp3) is 0.882. The Labute approximate surface area is 129 Å². The number of amides is 1. The lowest BCUT2D eigenvalue weighted by Gasteiger charge is -2.30. The summed E-state index contributed by atoms with van der Waals surface area (Å²) in [7, 11) is 0. The van der Waals surface area contributed by atoms with Crippen molar-refractivity contribution in [2.75, 3.05) is 26.2 Å². The molecule has 0 bridgehead atoms. The van der Waals surface area contributed by atoms with E-state index in [4.69, 9.17) is 0 Å². The van der Waals surface area contributed by atoms with Crippen molar-refractivity contribution in [3.05, 3.63) is 0 Å². The van der Waals surface area contributed by atoms with Gasteiger partial charge in [-0.3, -0.25) is 9.69 Å². The van der Waals surface area contributed by atoms with Crippen molar-refractivity contribution < 1.29 is 4.79 Å². The number of carbonyl (C=O) groups is 1. The number of nitriles is 1. The van der Waals surface area contributed by atoms with Gasteiger partial charge in [-0.25, -0.2) is 0 Å². The Morgan fingerprint density at radius 1 is 1.19 bits per heavy atom. The van der Waals surface area contributed by atoms with E-state index in [0.717, 1.165) is 32.4 Å². The summed E-state index contributed by atoms with van der Waals surface area (Å²) in [5.74, 6) is 0.0930. The summed E-state index contributed by atoms with van der Waals surface area (Å²) in [5, 5.41) is 9.64. The van der Waals surface area contributed by atoms with Gasteiger partial charge in [0.15, 0.2) is 0 Å². The molecule has 0 aromatic carbocycles. The lowest BCUT2D eigenvalue weighted by molar-refractivity contribution is -0.139. The summed E-state index contributed by atoms with van der Waals surface area (Å²) in [6.45, 7) is 8.14. The second-order valence-electron chi connectivity index (χ2n) is 6.63. The van der Waals surface area contributed by atoms with Gasteiger partial charge in [0, 0.05) is 19.1 Å². The highest BCUT2D eigenvalue weighted by atomic mass is 16.2. The first kappa shape index (κ1) is 16.3. The van der Waals surface area contributed by atoms with Crippen LogP contribution in [0.25, 0.3) is 0 Å². The van der Waals surface area contributed by atoms with Gasteiger partial charge in [0.1, 0.15) is 5.41 Å². The van der Waals surface area contributed by atoms with E-state index in [9.17, 15) is 10.1 Å². The summed E-state index contributed by atoms with van der Waals surface area (Å²) in [4.78, 5) is 17.4. The van der Waals surface area contributed by atoms with Gasteiger partial charge in [-0.2, -0.15) is 5.26 Å². The molecular formula is C17H29N3O. The van der Waals surface area contributed by atoms with Crippen LogP contribution < -0.4 is 0 Å². The number of nitrogens with zero attached hydrogens (tertiary/aromatic N) is 3. The average Bonchev–Trinajstić information content (AvgIpc) is 3.16. The standard InChI is InChI=1S/C17H29N3O/c1-3-8-17(14-18,9-4-2)16(21)20-12-7-15(13-20)19-10-5-6-11-19/h15H,3-13H2,1-2H3. The van der Waals surface area contributed by atoms with Crippen LogP contribution in [0.15, 0.2) is 0 Å². The van der Waals surface area contributed by atoms with E-state index in [1.54, 1.807) is 0 Å². The van der Waals surface area contributed by atoms with E-state index in [1.165, 1.54) is 25.9 Å². The molecule has 0 spiro atoms. The fourth-order valence-electron chi connectivity index (χ4n) is 3.99. The Morgan fingerprint density at radius 3 is 2.33 bits per heavy atom. The third kappa shape index (κ3) is 3.40. The molecule has 4 heteroatoms. The van der Waals surface area contributed by atoms with Crippen molar-refractivity contribution in [3.63, 3.8) is 0 Å². The summed E-state index contributed by atoms with van der Waals surface area (Å²) < 4.78 is 0. The van der Waals surface area contributed by atoms with Crippen LogP contribution in [0.3, 0.4) is 0 Å². The molecule has 1 unspecified atom stereocenters. The molecular weight excluding hydrogens is 262 g/mol. The normalized spacial score (nSPS) is 23.5. The van der Waals surface area contributed by atoms with Gasteiger partial charge in [-0.05, 0) is 45.2 Å². The Morgan fingerprint density at radius 2 is 1.81 bits per heavy atom. The topological polar surface area (TPSA) is 47.3 Å². The molecule has 2 heterocycles. The van der Waals surface area contributed by atoms with Gasteiger partial charge < -0.3 is 4.90 Å². The molecule has 0 aliphatic carbocycles. The van der Waals surface area contributed by atoms with Gasteiger partial charge in [0.2, 0.25) is 5.91 Å². The summed E-state index contributed by atoms with van der Waals surface area (Å²) in [6, 6.07) is 2.90. The summed E-state index contributed by atoms with van der Waals surface area (Å²) in [6.07, 6.45) is 6.83. The van der Waals surface area contributed by atoms with Crippen LogP contribution in [-0.2, 0) is 4.79 Å². The predicted molar refractivity (Wildman–Crippen MR) is 83.7 cm³/mol. The SMILES string of the molecule is CCCC(C#N)(CCC)C(=O)N1CCC(N2CCCC2)C1. The van der Waals surface area contributed by atoms with E-state index in [0.29, 0.717) is 18.9 Å². The van der Waals surface area contributed by atoms with Crippen LogP contribution in [-0.4, -0.2) is 47.9 Å². The van der Waals surface area contributed by atoms with Gasteiger partial charge in [-0.1, -0.05) is 26.7 Å². The largest absolute Gasteiger partial charge is 0.340 e. The zero-order chi connectivity index (χ0) is 15.3. The Balaban J connectivity index is 2.02. The van der Waals surface area contributed by atoms with Crippen LogP contribution in [0.2, 0.25) is 0 Å². The van der Waals surface area contributed by atoms with E-state index < -0.39 is 5.41 Å². The Hall–Kier alpha value is -1.08. The highest BCUT2D eigenvalue weighted by Gasteiger charge is 2.43. The van der Waals surface area contributed by atoms with Gasteiger partial charge in [-0.15, -0.1) is 0 Å². The second kappa shape index (κ2) is 7.26. The minimum Gasteiger partial charge on any atom is -0.340 e. The monoisotopic (exact) mass is 291 g/mol. The highest BCUT2D eigenvalue weighted by molar-refractivity contribution is 5.85. The predicted octanol–water partition coefficient (Wildman–Crippen LogP) is 2.79. The van der Waals surface area contributed by atoms with E-state index in [-0.39, 0.29) is 5.91 Å². The van der Waals surface area contributed by atoms with Crippen molar-refractivity contribution >= 4 is 5.91 Å². The molecule has 0 radical (unpaired) electrons. The molecule has 0 saturated carbocycles. The quantitative estimate of drug-likeness (QED) is 0.756. The van der Waals surface area contributed by atoms with Crippen LogP contribution in [0.1, 0.15) is 58.8 Å². The first-order valence-corrected chi connectivity index (χ1v) is 8.61. The fourth-order valence-corrected chi connectivity index (χ4v) is 3.99. The molecule has 1 atom stereocenters. The number of likely N-dealkylation sites (tertiary alicyclic amines) is 2. The first-order valence-electron chi connectivity index (χ1n) is 8.61. The lowest BCUT2D eigenvalue weighted by atomic mass is 9.79. The highest BCUT2D eigenvalue weighted by Crippen LogP contribution is 2.33. The van der Waals surface area contributed by atoms with Gasteiger partial charge >= 0.3 is 0 Å². The molecule has 0 N–H and O–H groups in total. The minimum absolute atomic E-state index is 0.0930. The molecule has 2 aliphatic rings. The maximum absolute atomic E-state index is 12.9. The van der Waals surface area contributed by atoms with Crippen LogP contribution >= 0.6 is 0 Å². The molecule has 118 valence electrons. The molecule has 0 aromatic rings. The smallest absolute Gasteiger partial charge is 0.243 e. The molecule has 2 aliphatic heterocycles. The van der Waals surface area contributed by atoms with E-state index >= 15 is 0 Å². The molecule has 2 saturated heterocycles. The molecule has 2 rings (SSSR count). The number of carbonyl (C=O) groups excluding carboxylic acids is 1. The molecule has 1 amide bonds. The van der Waals surface area contributed by atoms with Crippen molar-refractivity contribution in [2.24, 2.45) is 5.41 Å². The van der Waals surface area contributed by atoms with Crippen LogP contribution in [0, 0.1) is 16.7 Å². The first-order chi connectivity index (χ1) is 10.2. The lowest BCUT2D eigenvalue weighted by Crippen LogP contribution is -2.44. The summed E-state index contributed by atoms with van der Waals surface area (Å²) >= 11 is 0. The van der Waals surface area contributed by atoms with Gasteiger partial charge in [0.25, 0.3) is 0 Å². The number of hydrogen-bond donors (Lipinski definition) is 0. The van der Waals surface area contributed by atoms with Crippen molar-refractivity contribution in [1.82, 2.24) is 9.80 Å². The Kier molecular flexibility index (Phi) is 5.64. The number of hydrogen-bond acceptors (Lipinski definition) is 3. The average molecular weight is 291 g/mol. The van der Waals surface area contributed by atoms with E-state index in [1.807, 2.05) is 4.90 Å². The maximum atomic E-state index is 12.9. The third-order valence-corrected chi connectivity index (χ3v) is 5.08. The summed E-state index contributed by atoms with van der Waals surface area (Å²) in [5.41, 5.74) is -0.774. The molecule has 0 aromatic heterocycles. The molecule has 4 nitrogen and oxygen atoms in total. The van der Waals surface area contributed by atoms with Crippen molar-refractivity contribution in [2.45, 2.75) is 64.8 Å².